The van der Waals surface area contributed by atoms with Gasteiger partial charge in [-0.3, -0.25) is 0 Å². The molecule has 8 heteroatoms. The van der Waals surface area contributed by atoms with Gasteiger partial charge in [0.2, 0.25) is 0 Å². The molecular formula is C19H38O7Si. The van der Waals surface area contributed by atoms with E-state index in [0.717, 1.165) is 0 Å². The zero-order valence-corrected chi connectivity index (χ0v) is 18.8. The van der Waals surface area contributed by atoms with Gasteiger partial charge >= 0.3 is 0 Å². The number of ether oxygens (including phenoxy) is 5. The third-order valence-electron chi connectivity index (χ3n) is 5.18. The van der Waals surface area contributed by atoms with Gasteiger partial charge in [-0.15, -0.1) is 6.58 Å². The molecule has 1 N–H and O–H groups in total. The molecule has 0 amide bonds. The molecule has 0 aromatic heterocycles. The summed E-state index contributed by atoms with van der Waals surface area (Å²) in [5.41, 5.74) is 0. The Bertz CT molecular complexity index is 430. The van der Waals surface area contributed by atoms with E-state index in [2.05, 4.69) is 40.4 Å². The second-order valence-corrected chi connectivity index (χ2v) is 13.1. The van der Waals surface area contributed by atoms with Crippen molar-refractivity contribution in [2.75, 3.05) is 46.9 Å². The second-order valence-electron chi connectivity index (χ2n) is 8.31. The Hall–Kier alpha value is -0.323. The highest BCUT2D eigenvalue weighted by Gasteiger charge is 2.45. The van der Waals surface area contributed by atoms with Crippen LogP contribution in [-0.4, -0.2) is 78.4 Å². The molecule has 1 aliphatic heterocycles. The first-order valence-electron chi connectivity index (χ1n) is 9.48. The van der Waals surface area contributed by atoms with E-state index in [0.29, 0.717) is 26.4 Å². The van der Waals surface area contributed by atoms with E-state index < -0.39 is 26.3 Å². The van der Waals surface area contributed by atoms with Gasteiger partial charge in [0.15, 0.2) is 14.1 Å². The van der Waals surface area contributed by atoms with Crippen molar-refractivity contribution in [2.45, 2.75) is 63.3 Å². The first kappa shape index (κ1) is 24.7. The van der Waals surface area contributed by atoms with Crippen molar-refractivity contribution in [1.29, 1.82) is 0 Å². The Labute approximate surface area is 165 Å². The minimum absolute atomic E-state index is 0.0479. The molecule has 1 heterocycles. The highest BCUT2D eigenvalue weighted by Crippen LogP contribution is 2.38. The van der Waals surface area contributed by atoms with Crippen LogP contribution >= 0.6 is 0 Å². The molecule has 1 rings (SSSR count). The lowest BCUT2D eigenvalue weighted by Gasteiger charge is -2.40. The maximum Gasteiger partial charge on any atom is 0.193 e. The fourth-order valence-corrected chi connectivity index (χ4v) is 3.38. The lowest BCUT2D eigenvalue weighted by atomic mass is 10.0. The quantitative estimate of drug-likeness (QED) is 0.218. The molecule has 0 unspecified atom stereocenters. The van der Waals surface area contributed by atoms with Gasteiger partial charge in [-0.1, -0.05) is 26.8 Å². The standard InChI is InChI=1S/C19H38O7Si/c1-8-17(23-15-22-10-9-21-5)16(20)13-19(24-11-12-25-19)14-26-27(6,7)18(2,3)4/h8,16-17,20H,1,9-15H2,2-7H3/t16-,17-/m1/s1. The fraction of sp³-hybridized carbons (Fsp3) is 0.895. The van der Waals surface area contributed by atoms with Crippen LogP contribution in [0.2, 0.25) is 18.1 Å². The number of aliphatic hydroxyl groups excluding tert-OH is 1. The van der Waals surface area contributed by atoms with Gasteiger partial charge in [-0.25, -0.2) is 0 Å². The van der Waals surface area contributed by atoms with Gasteiger partial charge in [0.1, 0.15) is 12.9 Å². The zero-order chi connectivity index (χ0) is 20.6. The predicted molar refractivity (Wildman–Crippen MR) is 106 cm³/mol. The van der Waals surface area contributed by atoms with Crippen molar-refractivity contribution in [1.82, 2.24) is 0 Å². The van der Waals surface area contributed by atoms with Crippen LogP contribution < -0.4 is 0 Å². The molecule has 1 fully saturated rings. The van der Waals surface area contributed by atoms with Gasteiger partial charge in [0, 0.05) is 13.5 Å². The average molecular weight is 407 g/mol. The van der Waals surface area contributed by atoms with E-state index in [1.807, 2.05) is 0 Å². The monoisotopic (exact) mass is 406 g/mol. The van der Waals surface area contributed by atoms with Gasteiger partial charge < -0.3 is 33.2 Å². The van der Waals surface area contributed by atoms with Crippen LogP contribution in [0.4, 0.5) is 0 Å². The molecule has 160 valence electrons. The van der Waals surface area contributed by atoms with Gasteiger partial charge in [0.25, 0.3) is 0 Å². The third kappa shape index (κ3) is 7.90. The average Bonchev–Trinajstić information content (AvgIpc) is 3.04. The number of hydrogen-bond acceptors (Lipinski definition) is 7. The maximum absolute atomic E-state index is 10.6. The molecular weight excluding hydrogens is 368 g/mol. The van der Waals surface area contributed by atoms with Crippen molar-refractivity contribution < 1.29 is 33.2 Å². The Morgan fingerprint density at radius 3 is 2.37 bits per heavy atom. The van der Waals surface area contributed by atoms with Crippen molar-refractivity contribution >= 4 is 8.32 Å². The molecule has 0 aromatic rings. The SMILES string of the molecule is C=C[C@@H](OCOCCOC)[C@H](O)CC1(CO[Si](C)(C)C(C)(C)C)OCCO1. The van der Waals surface area contributed by atoms with Crippen LogP contribution in [0.3, 0.4) is 0 Å². The highest BCUT2D eigenvalue weighted by atomic mass is 28.4. The summed E-state index contributed by atoms with van der Waals surface area (Å²) in [7, 11) is -0.360. The maximum atomic E-state index is 10.6. The molecule has 0 aliphatic carbocycles. The Kier molecular flexibility index (Phi) is 10.1. The first-order valence-corrected chi connectivity index (χ1v) is 12.4. The van der Waals surface area contributed by atoms with E-state index in [1.54, 1.807) is 13.2 Å². The number of hydrogen-bond donors (Lipinski definition) is 1. The van der Waals surface area contributed by atoms with Crippen molar-refractivity contribution in [3.8, 4) is 0 Å². The van der Waals surface area contributed by atoms with E-state index in [9.17, 15) is 5.11 Å². The molecule has 1 aliphatic rings. The van der Waals surface area contributed by atoms with Gasteiger partial charge in [-0.2, -0.15) is 0 Å². The molecule has 0 bridgehead atoms. The van der Waals surface area contributed by atoms with E-state index >= 15 is 0 Å². The first-order chi connectivity index (χ1) is 12.6. The van der Waals surface area contributed by atoms with Crippen molar-refractivity contribution in [3.05, 3.63) is 12.7 Å². The summed E-state index contributed by atoms with van der Waals surface area (Å²) < 4.78 is 33.8. The Morgan fingerprint density at radius 1 is 1.22 bits per heavy atom. The summed E-state index contributed by atoms with van der Waals surface area (Å²) in [6.45, 7) is 16.9. The number of methoxy groups -OCH3 is 1. The lowest BCUT2D eigenvalue weighted by molar-refractivity contribution is -0.208. The molecule has 7 nitrogen and oxygen atoms in total. The van der Waals surface area contributed by atoms with Gasteiger partial charge in [-0.05, 0) is 18.1 Å². The highest BCUT2D eigenvalue weighted by molar-refractivity contribution is 6.74. The van der Waals surface area contributed by atoms with Crippen LogP contribution in [-0.2, 0) is 28.1 Å². The molecule has 2 atom stereocenters. The van der Waals surface area contributed by atoms with E-state index in [4.69, 9.17) is 28.1 Å². The van der Waals surface area contributed by atoms with Crippen molar-refractivity contribution in [2.24, 2.45) is 0 Å². The van der Waals surface area contributed by atoms with Crippen LogP contribution in [0.1, 0.15) is 27.2 Å². The summed E-state index contributed by atoms with van der Waals surface area (Å²) in [5, 5.41) is 10.7. The summed E-state index contributed by atoms with van der Waals surface area (Å²) in [5.74, 6) is -0.962. The molecule has 0 radical (unpaired) electrons. The normalized spacial score (nSPS) is 19.8. The molecule has 27 heavy (non-hydrogen) atoms. The van der Waals surface area contributed by atoms with Crippen LogP contribution in [0.15, 0.2) is 12.7 Å². The summed E-state index contributed by atoms with van der Waals surface area (Å²) in [4.78, 5) is 0. The third-order valence-corrected chi connectivity index (χ3v) is 9.66. The summed E-state index contributed by atoms with van der Waals surface area (Å²) >= 11 is 0. The smallest absolute Gasteiger partial charge is 0.193 e. The van der Waals surface area contributed by atoms with E-state index in [1.165, 1.54) is 0 Å². The summed E-state index contributed by atoms with van der Waals surface area (Å²) in [6, 6.07) is 0. The minimum atomic E-state index is -1.96. The van der Waals surface area contributed by atoms with Crippen LogP contribution in [0, 0.1) is 0 Å². The molecule has 0 aromatic carbocycles. The Balaban J connectivity index is 2.62. The van der Waals surface area contributed by atoms with E-state index in [-0.39, 0.29) is 24.9 Å². The van der Waals surface area contributed by atoms with Gasteiger partial charge in [0.05, 0.1) is 39.1 Å². The Morgan fingerprint density at radius 2 is 1.85 bits per heavy atom. The summed E-state index contributed by atoms with van der Waals surface area (Å²) in [6.07, 6.45) is 0.345. The molecule has 0 saturated carbocycles. The van der Waals surface area contributed by atoms with Crippen LogP contribution in [0.25, 0.3) is 0 Å². The van der Waals surface area contributed by atoms with Crippen LogP contribution in [0.5, 0.6) is 0 Å². The molecule has 1 saturated heterocycles. The topological polar surface area (TPSA) is 75.6 Å². The predicted octanol–water partition coefficient (Wildman–Crippen LogP) is 2.69. The number of rotatable bonds is 13. The number of aliphatic hydroxyl groups is 1. The molecule has 0 spiro atoms. The minimum Gasteiger partial charge on any atom is -0.411 e. The lowest BCUT2D eigenvalue weighted by Crippen LogP contribution is -2.49. The zero-order valence-electron chi connectivity index (χ0n) is 17.8. The second kappa shape index (κ2) is 11.0. The fourth-order valence-electron chi connectivity index (χ4n) is 2.36. The van der Waals surface area contributed by atoms with Crippen molar-refractivity contribution in [3.63, 3.8) is 0 Å². The largest absolute Gasteiger partial charge is 0.411 e.